The van der Waals surface area contributed by atoms with E-state index in [0.29, 0.717) is 5.95 Å². The molecular formula is C28H27N5OS. The average molecular weight is 482 g/mol. The predicted molar refractivity (Wildman–Crippen MR) is 143 cm³/mol. The van der Waals surface area contributed by atoms with Gasteiger partial charge in [0.1, 0.15) is 12.4 Å². The second kappa shape index (κ2) is 9.90. The Kier molecular flexibility index (Phi) is 6.17. The number of thiophene rings is 1. The molecule has 1 aliphatic heterocycles. The number of nitrogens with zero attached hydrogens (tertiary/aromatic N) is 4. The maximum atomic E-state index is 5.92. The zero-order valence-corrected chi connectivity index (χ0v) is 20.2. The van der Waals surface area contributed by atoms with Gasteiger partial charge in [-0.1, -0.05) is 24.3 Å². The molecule has 1 saturated heterocycles. The lowest BCUT2D eigenvalue weighted by molar-refractivity contribution is 0.238. The van der Waals surface area contributed by atoms with Crippen LogP contribution in [-0.2, 0) is 0 Å². The molecular weight excluding hydrogens is 454 g/mol. The molecule has 0 unspecified atom stereocenters. The molecule has 2 aromatic carbocycles. The monoisotopic (exact) mass is 481 g/mol. The first-order chi connectivity index (χ1) is 17.3. The van der Waals surface area contributed by atoms with Gasteiger partial charge in [0, 0.05) is 17.8 Å². The van der Waals surface area contributed by atoms with E-state index in [1.807, 2.05) is 40.9 Å². The molecule has 0 radical (unpaired) electrons. The minimum Gasteiger partial charge on any atom is -0.492 e. The van der Waals surface area contributed by atoms with Crippen molar-refractivity contribution in [2.45, 2.75) is 12.8 Å². The van der Waals surface area contributed by atoms with Crippen LogP contribution in [0.1, 0.15) is 12.8 Å². The molecule has 0 bridgehead atoms. The van der Waals surface area contributed by atoms with E-state index in [2.05, 4.69) is 62.4 Å². The first-order valence-corrected chi connectivity index (χ1v) is 13.0. The summed E-state index contributed by atoms with van der Waals surface area (Å²) in [4.78, 5) is 7.14. The highest BCUT2D eigenvalue weighted by Crippen LogP contribution is 2.28. The third-order valence-corrected chi connectivity index (χ3v) is 7.04. The van der Waals surface area contributed by atoms with Crippen LogP contribution in [-0.4, -0.2) is 45.7 Å². The summed E-state index contributed by atoms with van der Waals surface area (Å²) in [5.41, 5.74) is 6.25. The third-order valence-electron chi connectivity index (χ3n) is 6.36. The molecule has 3 aromatic heterocycles. The van der Waals surface area contributed by atoms with Crippen LogP contribution in [0.25, 0.3) is 28.0 Å². The van der Waals surface area contributed by atoms with Gasteiger partial charge in [-0.25, -0.2) is 4.52 Å². The van der Waals surface area contributed by atoms with Gasteiger partial charge in [0.15, 0.2) is 5.65 Å². The largest absolute Gasteiger partial charge is 0.492 e. The summed E-state index contributed by atoms with van der Waals surface area (Å²) in [5, 5.41) is 12.4. The van der Waals surface area contributed by atoms with Crippen LogP contribution < -0.4 is 10.1 Å². The molecule has 35 heavy (non-hydrogen) atoms. The number of hydrogen-bond acceptors (Lipinski definition) is 6. The van der Waals surface area contributed by atoms with Gasteiger partial charge in [-0.3, -0.25) is 4.90 Å². The third kappa shape index (κ3) is 4.92. The normalized spacial score (nSPS) is 13.9. The minimum absolute atomic E-state index is 0.564. The number of likely N-dealkylation sites (tertiary alicyclic amines) is 1. The number of benzene rings is 2. The number of anilines is 2. The van der Waals surface area contributed by atoms with E-state index in [9.17, 15) is 0 Å². The fourth-order valence-corrected chi connectivity index (χ4v) is 5.19. The van der Waals surface area contributed by atoms with Gasteiger partial charge in [0.2, 0.25) is 5.95 Å². The molecule has 1 aliphatic rings. The second-order valence-electron chi connectivity index (χ2n) is 8.76. The summed E-state index contributed by atoms with van der Waals surface area (Å²) < 4.78 is 7.81. The van der Waals surface area contributed by atoms with E-state index < -0.39 is 0 Å². The summed E-state index contributed by atoms with van der Waals surface area (Å²) in [6.07, 6.45) is 2.61. The van der Waals surface area contributed by atoms with E-state index >= 15 is 0 Å². The number of pyridine rings is 1. The molecule has 4 heterocycles. The van der Waals surface area contributed by atoms with E-state index in [4.69, 9.17) is 9.84 Å². The Morgan fingerprint density at radius 1 is 0.886 bits per heavy atom. The number of nitrogens with one attached hydrogen (secondary N) is 1. The highest BCUT2D eigenvalue weighted by Gasteiger charge is 2.12. The quantitative estimate of drug-likeness (QED) is 0.280. The Morgan fingerprint density at radius 3 is 2.54 bits per heavy atom. The van der Waals surface area contributed by atoms with Crippen molar-refractivity contribution in [3.8, 4) is 28.1 Å². The Morgan fingerprint density at radius 2 is 1.71 bits per heavy atom. The topological polar surface area (TPSA) is 54.7 Å². The van der Waals surface area contributed by atoms with Crippen LogP contribution in [0.2, 0.25) is 0 Å². The van der Waals surface area contributed by atoms with Crippen molar-refractivity contribution in [3.63, 3.8) is 0 Å². The highest BCUT2D eigenvalue weighted by molar-refractivity contribution is 7.08. The van der Waals surface area contributed by atoms with Gasteiger partial charge in [0.25, 0.3) is 0 Å². The Bertz CT molecular complexity index is 1410. The smallest absolute Gasteiger partial charge is 0.247 e. The van der Waals surface area contributed by atoms with Crippen molar-refractivity contribution in [2.24, 2.45) is 0 Å². The molecule has 5 aromatic rings. The zero-order valence-electron chi connectivity index (χ0n) is 19.4. The van der Waals surface area contributed by atoms with E-state index in [0.717, 1.165) is 41.5 Å². The SMILES string of the molecule is c1cc(-c2ccsc2)cc(-c2cccc3nc(Nc4ccc(OCCN5CCCC5)cc4)nn23)c1. The molecule has 7 heteroatoms. The van der Waals surface area contributed by atoms with Crippen molar-refractivity contribution in [1.29, 1.82) is 0 Å². The van der Waals surface area contributed by atoms with Crippen molar-refractivity contribution < 1.29 is 4.74 Å². The van der Waals surface area contributed by atoms with E-state index in [-0.39, 0.29) is 0 Å². The van der Waals surface area contributed by atoms with Crippen molar-refractivity contribution in [1.82, 2.24) is 19.5 Å². The molecule has 6 rings (SSSR count). The van der Waals surface area contributed by atoms with Gasteiger partial charge < -0.3 is 10.1 Å². The first-order valence-electron chi connectivity index (χ1n) is 12.0. The molecule has 0 saturated carbocycles. The Labute approximate surface area is 208 Å². The summed E-state index contributed by atoms with van der Waals surface area (Å²) in [7, 11) is 0. The van der Waals surface area contributed by atoms with E-state index in [1.54, 1.807) is 11.3 Å². The van der Waals surface area contributed by atoms with Crippen LogP contribution in [0.5, 0.6) is 5.75 Å². The molecule has 0 aliphatic carbocycles. The van der Waals surface area contributed by atoms with Crippen LogP contribution in [0, 0.1) is 0 Å². The van der Waals surface area contributed by atoms with Crippen LogP contribution >= 0.6 is 11.3 Å². The number of fused-ring (bicyclic) bond motifs is 1. The summed E-state index contributed by atoms with van der Waals surface area (Å²) >= 11 is 1.71. The molecule has 176 valence electrons. The minimum atomic E-state index is 0.564. The van der Waals surface area contributed by atoms with Crippen molar-refractivity contribution in [2.75, 3.05) is 31.6 Å². The van der Waals surface area contributed by atoms with Gasteiger partial charge in [-0.05, 0) is 96.3 Å². The summed E-state index contributed by atoms with van der Waals surface area (Å²) in [6, 6.07) is 24.7. The van der Waals surface area contributed by atoms with E-state index in [1.165, 1.54) is 37.1 Å². The van der Waals surface area contributed by atoms with Crippen molar-refractivity contribution in [3.05, 3.63) is 83.6 Å². The average Bonchev–Trinajstić information content (AvgIpc) is 3.67. The standard InChI is InChI=1S/C28H27N5OS/c1-2-15-32(14-1)16-17-34-25-11-9-24(10-12-25)29-28-30-27-8-4-7-26(33(27)31-28)22-6-3-5-21(19-22)23-13-18-35-20-23/h3-13,18-20H,1-2,14-17H2,(H,29,31). The maximum absolute atomic E-state index is 5.92. The maximum Gasteiger partial charge on any atom is 0.247 e. The Balaban J connectivity index is 1.17. The lowest BCUT2D eigenvalue weighted by Gasteiger charge is -2.15. The van der Waals surface area contributed by atoms with Gasteiger partial charge in [-0.15, -0.1) is 5.10 Å². The predicted octanol–water partition coefficient (Wildman–Crippen LogP) is 6.34. The van der Waals surface area contributed by atoms with Crippen LogP contribution in [0.15, 0.2) is 83.6 Å². The number of aromatic nitrogens is 3. The summed E-state index contributed by atoms with van der Waals surface area (Å²) in [5.74, 6) is 1.44. The Hall–Kier alpha value is -3.68. The van der Waals surface area contributed by atoms with Gasteiger partial charge >= 0.3 is 0 Å². The molecule has 0 spiro atoms. The fraction of sp³-hybridized carbons (Fsp3) is 0.214. The first kappa shape index (κ1) is 21.8. The van der Waals surface area contributed by atoms with Crippen molar-refractivity contribution >= 4 is 28.6 Å². The van der Waals surface area contributed by atoms with Crippen LogP contribution in [0.3, 0.4) is 0 Å². The second-order valence-corrected chi connectivity index (χ2v) is 9.54. The molecule has 1 N–H and O–H groups in total. The fourth-order valence-electron chi connectivity index (χ4n) is 4.53. The number of hydrogen-bond donors (Lipinski definition) is 1. The zero-order chi connectivity index (χ0) is 23.5. The lowest BCUT2D eigenvalue weighted by Crippen LogP contribution is -2.25. The molecule has 6 nitrogen and oxygen atoms in total. The highest BCUT2D eigenvalue weighted by atomic mass is 32.1. The summed E-state index contributed by atoms with van der Waals surface area (Å²) in [6.45, 7) is 4.10. The molecule has 0 amide bonds. The number of ether oxygens (including phenoxy) is 1. The molecule has 1 fully saturated rings. The van der Waals surface area contributed by atoms with Gasteiger partial charge in [-0.2, -0.15) is 16.3 Å². The molecule has 0 atom stereocenters. The van der Waals surface area contributed by atoms with Crippen LogP contribution in [0.4, 0.5) is 11.6 Å². The van der Waals surface area contributed by atoms with Gasteiger partial charge in [0.05, 0.1) is 5.69 Å². The number of rotatable bonds is 8. The lowest BCUT2D eigenvalue weighted by atomic mass is 10.0.